The van der Waals surface area contributed by atoms with Crippen LogP contribution in [0.5, 0.6) is 0 Å². The van der Waals surface area contributed by atoms with Gasteiger partial charge in [-0.15, -0.1) is 0 Å². The van der Waals surface area contributed by atoms with E-state index in [-0.39, 0.29) is 24.6 Å². The number of ether oxygens (including phenoxy) is 1. The first-order chi connectivity index (χ1) is 11.8. The van der Waals surface area contributed by atoms with Gasteiger partial charge in [0.2, 0.25) is 5.91 Å². The van der Waals surface area contributed by atoms with E-state index in [0.29, 0.717) is 25.4 Å². The van der Waals surface area contributed by atoms with Gasteiger partial charge in [0.1, 0.15) is 11.9 Å². The number of piperidine rings is 1. The third-order valence-corrected chi connectivity index (χ3v) is 6.37. The number of morpholine rings is 1. The lowest BCUT2D eigenvalue weighted by molar-refractivity contribution is -0.121. The number of amides is 1. The SMILES string of the molecule is C[C@@H]1CN(S(=O)(=O)N[C@@H]2CCCN(c3ccnn3C)C2=O)[C@@H](C)CO1. The number of carbonyl (C=O) groups is 1. The van der Waals surface area contributed by atoms with Crippen LogP contribution in [-0.2, 0) is 26.8 Å². The highest BCUT2D eigenvalue weighted by molar-refractivity contribution is 7.87. The van der Waals surface area contributed by atoms with E-state index >= 15 is 0 Å². The topological polar surface area (TPSA) is 96.8 Å². The largest absolute Gasteiger partial charge is 0.375 e. The predicted molar refractivity (Wildman–Crippen MR) is 92.2 cm³/mol. The van der Waals surface area contributed by atoms with E-state index < -0.39 is 16.3 Å². The van der Waals surface area contributed by atoms with Gasteiger partial charge < -0.3 is 4.74 Å². The Bertz CT molecular complexity index is 734. The van der Waals surface area contributed by atoms with Gasteiger partial charge in [0.15, 0.2) is 0 Å². The zero-order chi connectivity index (χ0) is 18.2. The number of nitrogens with one attached hydrogen (secondary N) is 1. The summed E-state index contributed by atoms with van der Waals surface area (Å²) in [4.78, 5) is 14.4. The van der Waals surface area contributed by atoms with Gasteiger partial charge in [-0.25, -0.2) is 0 Å². The van der Waals surface area contributed by atoms with Crippen LogP contribution in [0.3, 0.4) is 0 Å². The van der Waals surface area contributed by atoms with Crippen LogP contribution < -0.4 is 9.62 Å². The zero-order valence-corrected chi connectivity index (χ0v) is 15.6. The van der Waals surface area contributed by atoms with Crippen LogP contribution in [0.25, 0.3) is 0 Å². The first kappa shape index (κ1) is 18.3. The van der Waals surface area contributed by atoms with Crippen LogP contribution in [0.1, 0.15) is 26.7 Å². The first-order valence-corrected chi connectivity index (χ1v) is 9.93. The molecule has 0 unspecified atom stereocenters. The summed E-state index contributed by atoms with van der Waals surface area (Å²) in [6, 6.07) is 0.722. The van der Waals surface area contributed by atoms with Gasteiger partial charge in [0, 0.05) is 32.2 Å². The Morgan fingerprint density at radius 3 is 2.80 bits per heavy atom. The maximum Gasteiger partial charge on any atom is 0.280 e. The van der Waals surface area contributed by atoms with E-state index in [2.05, 4.69) is 9.82 Å². The molecule has 0 bridgehead atoms. The fourth-order valence-electron chi connectivity index (χ4n) is 3.30. The quantitative estimate of drug-likeness (QED) is 0.795. The molecule has 0 aliphatic carbocycles. The summed E-state index contributed by atoms with van der Waals surface area (Å²) in [5.74, 6) is 0.426. The lowest BCUT2D eigenvalue weighted by Crippen LogP contribution is -2.59. The summed E-state index contributed by atoms with van der Waals surface area (Å²) < 4.78 is 36.7. The van der Waals surface area contributed by atoms with Crippen LogP contribution in [0.2, 0.25) is 0 Å². The number of nitrogens with zero attached hydrogens (tertiary/aromatic N) is 4. The summed E-state index contributed by atoms with van der Waals surface area (Å²) in [5, 5.41) is 4.08. The lowest BCUT2D eigenvalue weighted by Gasteiger charge is -2.38. The normalized spacial score (nSPS) is 29.2. The second-order valence-corrected chi connectivity index (χ2v) is 8.34. The number of hydrogen-bond acceptors (Lipinski definition) is 5. The molecule has 1 N–H and O–H groups in total. The van der Waals surface area contributed by atoms with Crippen molar-refractivity contribution in [3.05, 3.63) is 12.3 Å². The Morgan fingerprint density at radius 1 is 1.36 bits per heavy atom. The molecule has 0 saturated carbocycles. The molecule has 2 saturated heterocycles. The van der Waals surface area contributed by atoms with Crippen molar-refractivity contribution >= 4 is 21.9 Å². The molecule has 9 nitrogen and oxygen atoms in total. The minimum Gasteiger partial charge on any atom is -0.375 e. The van der Waals surface area contributed by atoms with Gasteiger partial charge in [-0.05, 0) is 26.7 Å². The highest BCUT2D eigenvalue weighted by Gasteiger charge is 2.38. The highest BCUT2D eigenvalue weighted by Crippen LogP contribution is 2.22. The smallest absolute Gasteiger partial charge is 0.280 e. The molecule has 25 heavy (non-hydrogen) atoms. The summed E-state index contributed by atoms with van der Waals surface area (Å²) in [7, 11) is -2.01. The van der Waals surface area contributed by atoms with E-state index in [1.54, 1.807) is 35.8 Å². The molecule has 2 fully saturated rings. The molecule has 0 radical (unpaired) electrons. The number of hydrogen-bond donors (Lipinski definition) is 1. The van der Waals surface area contributed by atoms with E-state index in [1.807, 2.05) is 6.92 Å². The van der Waals surface area contributed by atoms with Gasteiger partial charge in [-0.3, -0.25) is 14.4 Å². The van der Waals surface area contributed by atoms with Crippen molar-refractivity contribution in [2.75, 3.05) is 24.6 Å². The molecule has 1 aromatic heterocycles. The van der Waals surface area contributed by atoms with Crippen molar-refractivity contribution in [2.24, 2.45) is 7.05 Å². The lowest BCUT2D eigenvalue weighted by atomic mass is 10.1. The summed E-state index contributed by atoms with van der Waals surface area (Å²) in [6.07, 6.45) is 2.66. The van der Waals surface area contributed by atoms with Gasteiger partial charge in [0.05, 0.1) is 18.9 Å². The maximum absolute atomic E-state index is 12.8. The van der Waals surface area contributed by atoms with Crippen LogP contribution >= 0.6 is 0 Å². The second-order valence-electron chi connectivity index (χ2n) is 6.68. The molecule has 2 aliphatic rings. The highest BCUT2D eigenvalue weighted by atomic mass is 32.2. The molecule has 0 spiro atoms. The fourth-order valence-corrected chi connectivity index (χ4v) is 4.95. The third kappa shape index (κ3) is 3.71. The molecule has 0 aromatic carbocycles. The molecule has 140 valence electrons. The van der Waals surface area contributed by atoms with Crippen molar-refractivity contribution in [3.63, 3.8) is 0 Å². The molecule has 1 aromatic rings. The molecular weight excluding hydrogens is 346 g/mol. The average Bonchev–Trinajstić information content (AvgIpc) is 2.97. The molecule has 1 amide bonds. The van der Waals surface area contributed by atoms with E-state index in [4.69, 9.17) is 4.74 Å². The Hall–Kier alpha value is -1.49. The van der Waals surface area contributed by atoms with Gasteiger partial charge in [-0.1, -0.05) is 0 Å². The second kappa shape index (κ2) is 7.02. The molecule has 3 rings (SSSR count). The summed E-state index contributed by atoms with van der Waals surface area (Å²) >= 11 is 0. The van der Waals surface area contributed by atoms with E-state index in [9.17, 15) is 13.2 Å². The van der Waals surface area contributed by atoms with Crippen molar-refractivity contribution in [1.82, 2.24) is 18.8 Å². The van der Waals surface area contributed by atoms with Gasteiger partial charge in [-0.2, -0.15) is 22.5 Å². The summed E-state index contributed by atoms with van der Waals surface area (Å²) in [5.41, 5.74) is 0. The Morgan fingerprint density at radius 2 is 2.12 bits per heavy atom. The zero-order valence-electron chi connectivity index (χ0n) is 14.8. The monoisotopic (exact) mass is 371 g/mol. The van der Waals surface area contributed by atoms with Crippen molar-refractivity contribution in [2.45, 2.75) is 44.9 Å². The molecule has 3 atom stereocenters. The van der Waals surface area contributed by atoms with Crippen molar-refractivity contribution in [3.8, 4) is 0 Å². The Labute approximate surface area is 148 Å². The minimum atomic E-state index is -3.77. The average molecular weight is 371 g/mol. The summed E-state index contributed by atoms with van der Waals surface area (Å²) in [6.45, 7) is 4.83. The molecule has 2 aliphatic heterocycles. The maximum atomic E-state index is 12.8. The number of aryl methyl sites for hydroxylation is 1. The number of anilines is 1. The van der Waals surface area contributed by atoms with Crippen LogP contribution in [-0.4, -0.2) is 66.3 Å². The van der Waals surface area contributed by atoms with Crippen LogP contribution in [0.4, 0.5) is 5.82 Å². The Balaban J connectivity index is 1.75. The number of rotatable bonds is 4. The standard InChI is InChI=1S/C15H25N5O4S/c1-11-10-24-12(2)9-20(11)25(22,23)17-13-5-4-8-19(15(13)21)14-6-7-16-18(14)3/h6-7,11-13,17H,4-5,8-10H2,1-3H3/t11-,12+,13+/m0/s1. The van der Waals surface area contributed by atoms with Crippen LogP contribution in [0.15, 0.2) is 12.3 Å². The molecule has 10 heteroatoms. The third-order valence-electron chi connectivity index (χ3n) is 4.66. The molecule has 3 heterocycles. The van der Waals surface area contributed by atoms with Crippen molar-refractivity contribution in [1.29, 1.82) is 0 Å². The van der Waals surface area contributed by atoms with Gasteiger partial charge >= 0.3 is 0 Å². The minimum absolute atomic E-state index is 0.166. The first-order valence-electron chi connectivity index (χ1n) is 8.49. The van der Waals surface area contributed by atoms with E-state index in [0.717, 1.165) is 6.42 Å². The number of aromatic nitrogens is 2. The van der Waals surface area contributed by atoms with Gasteiger partial charge in [0.25, 0.3) is 10.2 Å². The molecular formula is C15H25N5O4S. The van der Waals surface area contributed by atoms with Crippen LogP contribution in [0, 0.1) is 0 Å². The fraction of sp³-hybridized carbons (Fsp3) is 0.733. The predicted octanol–water partition coefficient (Wildman–Crippen LogP) is -0.141. The van der Waals surface area contributed by atoms with Crippen molar-refractivity contribution < 1.29 is 17.9 Å². The number of carbonyl (C=O) groups excluding carboxylic acids is 1. The Kier molecular flexibility index (Phi) is 5.14. The van der Waals surface area contributed by atoms with E-state index in [1.165, 1.54) is 4.31 Å².